The first-order valence-corrected chi connectivity index (χ1v) is 4.17. The van der Waals surface area contributed by atoms with Crippen LogP contribution in [0.5, 0.6) is 0 Å². The van der Waals surface area contributed by atoms with Gasteiger partial charge in [0.05, 0.1) is 6.61 Å². The van der Waals surface area contributed by atoms with Gasteiger partial charge >= 0.3 is 5.97 Å². The lowest BCUT2D eigenvalue weighted by Crippen LogP contribution is -2.28. The van der Waals surface area contributed by atoms with Crippen molar-refractivity contribution in [3.05, 3.63) is 10.1 Å². The molecule has 0 fully saturated rings. The smallest absolute Gasteiger partial charge is 0.322 e. The minimum atomic E-state index is -1.50. The number of hydrogen-bond acceptors (Lipinski definition) is 5. The molecule has 1 unspecified atom stereocenters. The fraction of sp³-hybridized carbons (Fsp3) is 0.857. The molecule has 0 aliphatic rings. The Labute approximate surface area is 82.0 Å². The van der Waals surface area contributed by atoms with Crippen molar-refractivity contribution in [1.82, 2.24) is 0 Å². The molecular weight excluding hydrogens is 192 g/mol. The van der Waals surface area contributed by atoms with Gasteiger partial charge in [-0.25, -0.2) is 0 Å². The number of carbonyl (C=O) groups is 1. The van der Waals surface area contributed by atoms with Crippen LogP contribution in [-0.4, -0.2) is 28.9 Å². The van der Waals surface area contributed by atoms with Crippen LogP contribution in [-0.2, 0) is 9.53 Å². The Morgan fingerprint density at radius 2 is 2.14 bits per heavy atom. The van der Waals surface area contributed by atoms with Crippen LogP contribution in [0.1, 0.15) is 26.7 Å². The molecule has 0 heterocycles. The third-order valence-corrected chi connectivity index (χ3v) is 1.11. The van der Waals surface area contributed by atoms with Gasteiger partial charge in [-0.1, -0.05) is 13.3 Å². The molecule has 0 spiro atoms. The quantitative estimate of drug-likeness (QED) is 0.297. The minimum Gasteiger partial charge on any atom is -0.465 e. The Morgan fingerprint density at radius 1 is 1.71 bits per heavy atom. The summed E-state index contributed by atoms with van der Waals surface area (Å²) >= 11 is 0. The molecule has 0 aromatic rings. The first-order chi connectivity index (χ1) is 6.41. The van der Waals surface area contributed by atoms with E-state index >= 15 is 0 Å². The van der Waals surface area contributed by atoms with Crippen molar-refractivity contribution < 1.29 is 19.8 Å². The molecule has 0 aromatic heterocycles. The number of nitrogens with zero attached hydrogens (tertiary/aromatic N) is 1. The Balaban J connectivity index is 0. The molecule has 0 amide bonds. The van der Waals surface area contributed by atoms with E-state index in [-0.39, 0.29) is 5.97 Å². The van der Waals surface area contributed by atoms with Crippen LogP contribution in [0.4, 0.5) is 0 Å². The van der Waals surface area contributed by atoms with E-state index in [0.717, 1.165) is 12.8 Å². The van der Waals surface area contributed by atoms with Gasteiger partial charge in [0.15, 0.2) is 0 Å². The maximum Gasteiger partial charge on any atom is 0.322 e. The van der Waals surface area contributed by atoms with Crippen LogP contribution >= 0.6 is 0 Å². The molecule has 0 aromatic carbocycles. The number of unbranched alkanes of at least 4 members (excludes halogenated alkanes) is 1. The van der Waals surface area contributed by atoms with Gasteiger partial charge < -0.3 is 15.7 Å². The number of rotatable bonds is 4. The van der Waals surface area contributed by atoms with E-state index in [9.17, 15) is 4.79 Å². The summed E-state index contributed by atoms with van der Waals surface area (Å²) in [4.78, 5) is 19.0. The Hall–Kier alpha value is -1.37. The molecule has 3 N–H and O–H groups in total. The fourth-order valence-electron chi connectivity index (χ4n) is 0.449. The van der Waals surface area contributed by atoms with Gasteiger partial charge in [0, 0.05) is 0 Å². The van der Waals surface area contributed by atoms with Gasteiger partial charge in [-0.15, -0.1) is 10.1 Å². The molecule has 7 heteroatoms. The molecule has 14 heavy (non-hydrogen) atoms. The second-order valence-electron chi connectivity index (χ2n) is 2.55. The Bertz CT molecular complexity index is 167. The molecule has 0 aliphatic carbocycles. The summed E-state index contributed by atoms with van der Waals surface area (Å²) in [6.07, 6.45) is 1.95. The van der Waals surface area contributed by atoms with E-state index in [2.05, 4.69) is 0 Å². The summed E-state index contributed by atoms with van der Waals surface area (Å²) in [7, 11) is 0. The van der Waals surface area contributed by atoms with E-state index in [1.54, 1.807) is 6.92 Å². The molecular formula is C7H16N2O5. The average Bonchev–Trinajstić information content (AvgIpc) is 2.03. The number of ether oxygens (including phenoxy) is 1. The lowest BCUT2D eigenvalue weighted by atomic mass is 10.3. The van der Waals surface area contributed by atoms with Crippen molar-refractivity contribution in [2.45, 2.75) is 32.7 Å². The maximum absolute atomic E-state index is 10.7. The molecule has 0 rings (SSSR count). The monoisotopic (exact) mass is 208 g/mol. The molecule has 0 radical (unpaired) electrons. The number of nitrogens with two attached hydrogens (primary N) is 1. The van der Waals surface area contributed by atoms with Gasteiger partial charge in [0.25, 0.3) is 5.09 Å². The lowest BCUT2D eigenvalue weighted by molar-refractivity contribution is -0.742. The molecule has 1 atom stereocenters. The first-order valence-electron chi connectivity index (χ1n) is 4.17. The highest BCUT2D eigenvalue weighted by molar-refractivity contribution is 5.74. The van der Waals surface area contributed by atoms with Crippen LogP contribution < -0.4 is 5.73 Å². The third-order valence-electron chi connectivity index (χ3n) is 1.11. The van der Waals surface area contributed by atoms with Crippen LogP contribution in [0.15, 0.2) is 0 Å². The number of carbonyl (C=O) groups excluding carboxylic acids is 1. The Morgan fingerprint density at radius 3 is 2.43 bits per heavy atom. The number of esters is 1. The molecule has 0 saturated carbocycles. The highest BCUT2D eigenvalue weighted by atomic mass is 16.9. The van der Waals surface area contributed by atoms with Gasteiger partial charge in [-0.3, -0.25) is 4.79 Å². The second-order valence-corrected chi connectivity index (χ2v) is 2.55. The summed E-state index contributed by atoms with van der Waals surface area (Å²) in [5.41, 5.74) is 5.24. The van der Waals surface area contributed by atoms with Crippen molar-refractivity contribution in [2.75, 3.05) is 6.61 Å². The zero-order valence-electron chi connectivity index (χ0n) is 8.30. The van der Waals surface area contributed by atoms with Crippen LogP contribution in [0.25, 0.3) is 0 Å². The van der Waals surface area contributed by atoms with Gasteiger partial charge in [0.1, 0.15) is 6.04 Å². The minimum absolute atomic E-state index is 0.312. The highest BCUT2D eigenvalue weighted by Gasteiger charge is 2.06. The zero-order chi connectivity index (χ0) is 11.6. The first kappa shape index (κ1) is 15.1. The van der Waals surface area contributed by atoms with Crippen LogP contribution in [0.3, 0.4) is 0 Å². The second kappa shape index (κ2) is 9.72. The summed E-state index contributed by atoms with van der Waals surface area (Å²) < 4.78 is 4.78. The van der Waals surface area contributed by atoms with Crippen molar-refractivity contribution in [3.63, 3.8) is 0 Å². The molecule has 0 aliphatic heterocycles. The van der Waals surface area contributed by atoms with Crippen molar-refractivity contribution in [2.24, 2.45) is 5.73 Å². The Kier molecular flexibility index (Phi) is 10.5. The summed E-state index contributed by atoms with van der Waals surface area (Å²) in [6, 6.07) is -0.489. The average molecular weight is 208 g/mol. The van der Waals surface area contributed by atoms with Crippen molar-refractivity contribution in [1.29, 1.82) is 0 Å². The molecule has 84 valence electrons. The highest BCUT2D eigenvalue weighted by Crippen LogP contribution is 1.90. The van der Waals surface area contributed by atoms with Crippen molar-refractivity contribution >= 4 is 5.97 Å². The standard InChI is InChI=1S/C7H15NO2.HNO3/c1-3-4-5-10-7(9)6(2)8;2-1(3)4/h6H,3-5,8H2,1-2H3;(H,2,3,4). The van der Waals surface area contributed by atoms with E-state index in [1.807, 2.05) is 6.92 Å². The largest absolute Gasteiger partial charge is 0.465 e. The molecule has 7 nitrogen and oxygen atoms in total. The van der Waals surface area contributed by atoms with Gasteiger partial charge in [-0.05, 0) is 13.3 Å². The van der Waals surface area contributed by atoms with Gasteiger partial charge in [-0.2, -0.15) is 0 Å². The molecule has 0 bridgehead atoms. The summed E-state index contributed by atoms with van der Waals surface area (Å²) in [5.74, 6) is -0.312. The summed E-state index contributed by atoms with van der Waals surface area (Å²) in [5, 5.41) is 13.6. The molecule has 0 saturated heterocycles. The zero-order valence-corrected chi connectivity index (χ0v) is 8.30. The summed E-state index contributed by atoms with van der Waals surface area (Å²) in [6.45, 7) is 4.16. The maximum atomic E-state index is 10.7. The number of hydrogen-bond donors (Lipinski definition) is 2. The SMILES string of the molecule is CCCCOC(=O)C(C)N.O=[N+]([O-])O. The van der Waals surface area contributed by atoms with E-state index in [1.165, 1.54) is 0 Å². The van der Waals surface area contributed by atoms with E-state index in [4.69, 9.17) is 25.8 Å². The van der Waals surface area contributed by atoms with Crippen LogP contribution in [0, 0.1) is 10.1 Å². The van der Waals surface area contributed by atoms with Crippen molar-refractivity contribution in [3.8, 4) is 0 Å². The topological polar surface area (TPSA) is 116 Å². The predicted molar refractivity (Wildman–Crippen MR) is 48.3 cm³/mol. The fourth-order valence-corrected chi connectivity index (χ4v) is 0.449. The van der Waals surface area contributed by atoms with E-state index in [0.29, 0.717) is 6.61 Å². The van der Waals surface area contributed by atoms with Gasteiger partial charge in [0.2, 0.25) is 0 Å². The normalized spacial score (nSPS) is 10.8. The van der Waals surface area contributed by atoms with Crippen LogP contribution in [0.2, 0.25) is 0 Å². The third kappa shape index (κ3) is 16.9. The van der Waals surface area contributed by atoms with E-state index < -0.39 is 11.1 Å². The lowest BCUT2D eigenvalue weighted by Gasteiger charge is -2.04. The predicted octanol–water partition coefficient (Wildman–Crippen LogP) is 0.329.